The molecule has 0 spiro atoms. The third-order valence-electron chi connectivity index (χ3n) is 4.42. The molecule has 1 aromatic heterocycles. The van der Waals surface area contributed by atoms with Crippen LogP contribution in [0.4, 0.5) is 0 Å². The molecular weight excluding hydrogens is 394 g/mol. The molecule has 0 amide bonds. The molecule has 3 aromatic rings. The fourth-order valence-electron chi connectivity index (χ4n) is 3.20. The van der Waals surface area contributed by atoms with Crippen LogP contribution in [0.25, 0.3) is 11.8 Å². The normalized spacial score (nSPS) is 15.0. The van der Waals surface area contributed by atoms with Crippen LogP contribution in [0.2, 0.25) is 0 Å². The van der Waals surface area contributed by atoms with Gasteiger partial charge in [0.25, 0.3) is 0 Å². The minimum atomic E-state index is 0.119. The Morgan fingerprint density at radius 2 is 1.76 bits per heavy atom. The first-order valence-corrected chi connectivity index (χ1v) is 9.64. The van der Waals surface area contributed by atoms with E-state index in [1.807, 2.05) is 42.5 Å². The van der Waals surface area contributed by atoms with Crippen molar-refractivity contribution in [1.82, 2.24) is 4.57 Å². The Morgan fingerprint density at radius 3 is 2.48 bits per heavy atom. The van der Waals surface area contributed by atoms with Gasteiger partial charge in [0.05, 0.1) is 4.91 Å². The average Bonchev–Trinajstić information content (AvgIpc) is 3.06. The molecule has 1 aliphatic rings. The molecule has 0 unspecified atom stereocenters. The predicted octanol–water partition coefficient (Wildman–Crippen LogP) is 6.19. The molecular formula is C21H16BrNOS. The van der Waals surface area contributed by atoms with Crippen LogP contribution in [0.3, 0.4) is 0 Å². The largest absolute Gasteiger partial charge is 0.318 e. The van der Waals surface area contributed by atoms with Crippen LogP contribution in [0.1, 0.15) is 27.3 Å². The monoisotopic (exact) mass is 409 g/mol. The zero-order valence-corrected chi connectivity index (χ0v) is 16.3. The molecule has 0 radical (unpaired) electrons. The molecule has 2 nitrogen and oxygen atoms in total. The maximum atomic E-state index is 12.6. The summed E-state index contributed by atoms with van der Waals surface area (Å²) in [5.41, 5.74) is 5.30. The topological polar surface area (TPSA) is 22.0 Å². The van der Waals surface area contributed by atoms with Gasteiger partial charge in [-0.3, -0.25) is 4.79 Å². The molecule has 4 rings (SSSR count). The Kier molecular flexibility index (Phi) is 4.18. The van der Waals surface area contributed by atoms with Gasteiger partial charge in [-0.05, 0) is 68.0 Å². The first-order chi connectivity index (χ1) is 12.0. The zero-order chi connectivity index (χ0) is 17.6. The number of aryl methyl sites for hydroxylation is 1. The highest BCUT2D eigenvalue weighted by molar-refractivity contribution is 9.10. The summed E-state index contributed by atoms with van der Waals surface area (Å²) in [4.78, 5) is 14.4. The second-order valence-electron chi connectivity index (χ2n) is 6.07. The molecule has 0 fully saturated rings. The molecule has 1 aliphatic heterocycles. The summed E-state index contributed by atoms with van der Waals surface area (Å²) < 4.78 is 3.28. The highest BCUT2D eigenvalue weighted by atomic mass is 79.9. The number of halogens is 1. The number of carbonyl (C=O) groups excluding carboxylic acids is 1. The van der Waals surface area contributed by atoms with Crippen LogP contribution >= 0.6 is 27.7 Å². The first kappa shape index (κ1) is 16.4. The first-order valence-electron chi connectivity index (χ1n) is 8.03. The lowest BCUT2D eigenvalue weighted by atomic mass is 10.1. The van der Waals surface area contributed by atoms with Crippen molar-refractivity contribution >= 4 is 39.6 Å². The van der Waals surface area contributed by atoms with Crippen molar-refractivity contribution in [1.29, 1.82) is 0 Å². The fraction of sp³-hybridized carbons (Fsp3) is 0.0952. The van der Waals surface area contributed by atoms with E-state index in [0.29, 0.717) is 0 Å². The Balaban J connectivity index is 1.75. The van der Waals surface area contributed by atoms with E-state index >= 15 is 0 Å². The van der Waals surface area contributed by atoms with Crippen LogP contribution in [-0.2, 0) is 0 Å². The molecule has 0 bridgehead atoms. The van der Waals surface area contributed by atoms with Crippen LogP contribution in [0, 0.1) is 13.8 Å². The number of Topliss-reactive ketones (excluding diaryl/α,β-unsaturated/α-hetero) is 1. The summed E-state index contributed by atoms with van der Waals surface area (Å²) in [5.74, 6) is 0.119. The minimum Gasteiger partial charge on any atom is -0.318 e. The number of fused-ring (bicyclic) bond motifs is 1. The summed E-state index contributed by atoms with van der Waals surface area (Å²) in [6.07, 6.45) is 2.02. The number of nitrogens with zero attached hydrogens (tertiary/aromatic N) is 1. The van der Waals surface area contributed by atoms with Gasteiger partial charge in [0.1, 0.15) is 0 Å². The Labute approximate surface area is 159 Å². The molecule has 25 heavy (non-hydrogen) atoms. The number of hydrogen-bond donors (Lipinski definition) is 0. The van der Waals surface area contributed by atoms with E-state index < -0.39 is 0 Å². The number of aromatic nitrogens is 1. The SMILES string of the molecule is Cc1cc(/C=C2\Sc3ccccc3C2=O)c(C)n1-c1ccc(Br)cc1. The van der Waals surface area contributed by atoms with E-state index in [0.717, 1.165) is 42.5 Å². The highest BCUT2D eigenvalue weighted by Gasteiger charge is 2.25. The molecule has 0 N–H and O–H groups in total. The van der Waals surface area contributed by atoms with Gasteiger partial charge < -0.3 is 4.57 Å². The van der Waals surface area contributed by atoms with E-state index in [9.17, 15) is 4.79 Å². The van der Waals surface area contributed by atoms with Crippen LogP contribution in [0.15, 0.2) is 68.9 Å². The van der Waals surface area contributed by atoms with Crippen molar-refractivity contribution < 1.29 is 4.79 Å². The van der Waals surface area contributed by atoms with Crippen molar-refractivity contribution in [3.05, 3.63) is 86.5 Å². The molecule has 124 valence electrons. The summed E-state index contributed by atoms with van der Waals surface area (Å²) >= 11 is 5.04. The van der Waals surface area contributed by atoms with Crippen molar-refractivity contribution in [3.8, 4) is 5.69 Å². The zero-order valence-electron chi connectivity index (χ0n) is 13.9. The van der Waals surface area contributed by atoms with Gasteiger partial charge in [-0.15, -0.1) is 0 Å². The van der Waals surface area contributed by atoms with Gasteiger partial charge in [-0.25, -0.2) is 0 Å². The van der Waals surface area contributed by atoms with E-state index in [1.165, 1.54) is 0 Å². The number of ketones is 1. The van der Waals surface area contributed by atoms with E-state index in [2.05, 4.69) is 52.5 Å². The van der Waals surface area contributed by atoms with Crippen molar-refractivity contribution in [3.63, 3.8) is 0 Å². The van der Waals surface area contributed by atoms with Gasteiger partial charge in [-0.2, -0.15) is 0 Å². The number of hydrogen-bond acceptors (Lipinski definition) is 2. The fourth-order valence-corrected chi connectivity index (χ4v) is 4.51. The van der Waals surface area contributed by atoms with Gasteiger partial charge in [0.2, 0.25) is 5.78 Å². The molecule has 4 heteroatoms. The average molecular weight is 410 g/mol. The summed E-state index contributed by atoms with van der Waals surface area (Å²) in [7, 11) is 0. The van der Waals surface area contributed by atoms with Crippen LogP contribution in [0.5, 0.6) is 0 Å². The lowest BCUT2D eigenvalue weighted by Crippen LogP contribution is -1.99. The summed E-state index contributed by atoms with van der Waals surface area (Å²) in [6, 6.07) is 18.2. The lowest BCUT2D eigenvalue weighted by molar-refractivity contribution is 0.104. The third-order valence-corrected chi connectivity index (χ3v) is 6.04. The van der Waals surface area contributed by atoms with Crippen molar-refractivity contribution in [2.24, 2.45) is 0 Å². The number of allylic oxidation sites excluding steroid dienone is 1. The van der Waals surface area contributed by atoms with E-state index in [-0.39, 0.29) is 5.78 Å². The Morgan fingerprint density at radius 1 is 1.04 bits per heavy atom. The Hall–Kier alpha value is -2.04. The number of rotatable bonds is 2. The van der Waals surface area contributed by atoms with E-state index in [1.54, 1.807) is 11.8 Å². The Bertz CT molecular complexity index is 1010. The molecule has 2 heterocycles. The van der Waals surface area contributed by atoms with Crippen LogP contribution < -0.4 is 0 Å². The molecule has 0 atom stereocenters. The lowest BCUT2D eigenvalue weighted by Gasteiger charge is -2.09. The number of benzene rings is 2. The van der Waals surface area contributed by atoms with Crippen molar-refractivity contribution in [2.45, 2.75) is 18.7 Å². The van der Waals surface area contributed by atoms with Gasteiger partial charge in [0, 0.05) is 32.0 Å². The smallest absolute Gasteiger partial charge is 0.200 e. The second kappa shape index (κ2) is 6.36. The van der Waals surface area contributed by atoms with Crippen LogP contribution in [-0.4, -0.2) is 10.4 Å². The summed E-state index contributed by atoms with van der Waals surface area (Å²) in [5, 5.41) is 0. The van der Waals surface area contributed by atoms with Gasteiger partial charge >= 0.3 is 0 Å². The number of carbonyl (C=O) groups is 1. The van der Waals surface area contributed by atoms with E-state index in [4.69, 9.17) is 0 Å². The summed E-state index contributed by atoms with van der Waals surface area (Å²) in [6.45, 7) is 4.19. The molecule has 0 saturated carbocycles. The molecule has 2 aromatic carbocycles. The van der Waals surface area contributed by atoms with Crippen molar-refractivity contribution in [2.75, 3.05) is 0 Å². The maximum absolute atomic E-state index is 12.6. The minimum absolute atomic E-state index is 0.119. The van der Waals surface area contributed by atoms with Gasteiger partial charge in [0.15, 0.2) is 0 Å². The van der Waals surface area contributed by atoms with Gasteiger partial charge in [-0.1, -0.05) is 39.8 Å². The standard InChI is InChI=1S/C21H16BrNOS/c1-13-11-15(14(2)23(13)17-9-7-16(22)8-10-17)12-20-21(24)18-5-3-4-6-19(18)25-20/h3-12H,1-2H3/b20-12-. The maximum Gasteiger partial charge on any atom is 0.200 e. The molecule has 0 saturated heterocycles. The highest BCUT2D eigenvalue weighted by Crippen LogP contribution is 2.41. The predicted molar refractivity (Wildman–Crippen MR) is 108 cm³/mol. The molecule has 0 aliphatic carbocycles. The number of thioether (sulfide) groups is 1. The third kappa shape index (κ3) is 2.90. The second-order valence-corrected chi connectivity index (χ2v) is 8.07. The quantitative estimate of drug-likeness (QED) is 0.470.